The van der Waals surface area contributed by atoms with Crippen LogP contribution in [0.5, 0.6) is 0 Å². The molecule has 0 spiro atoms. The van der Waals surface area contributed by atoms with Crippen LogP contribution in [0.25, 0.3) is 0 Å². The van der Waals surface area contributed by atoms with Crippen LogP contribution in [0, 0.1) is 12.0 Å². The van der Waals surface area contributed by atoms with Crippen molar-refractivity contribution >= 4 is 0 Å². The number of hydrogen-bond donors (Lipinski definition) is 1. The van der Waals surface area contributed by atoms with Crippen molar-refractivity contribution in [2.24, 2.45) is 0 Å². The molecule has 1 aliphatic heterocycles. The summed E-state index contributed by atoms with van der Waals surface area (Å²) in [6.07, 6.45) is 1.55. The minimum absolute atomic E-state index is 0.125. The van der Waals surface area contributed by atoms with Crippen LogP contribution in [0.2, 0.25) is 0 Å². The van der Waals surface area contributed by atoms with E-state index in [4.69, 9.17) is 0 Å². The van der Waals surface area contributed by atoms with Gasteiger partial charge in [0.15, 0.2) is 0 Å². The third kappa shape index (κ3) is 3.00. The Morgan fingerprint density at radius 2 is 1.80 bits per heavy atom. The van der Waals surface area contributed by atoms with Crippen LogP contribution in [0.1, 0.15) is 18.4 Å². The molecule has 1 saturated heterocycles. The first-order valence-electron chi connectivity index (χ1n) is 5.34. The largest absolute Gasteiger partial charge is 0.393 e. The molecule has 0 aromatic heterocycles. The first kappa shape index (κ1) is 10.1. The Morgan fingerprint density at radius 1 is 1.13 bits per heavy atom. The molecule has 1 N–H and O–H groups in total. The van der Waals surface area contributed by atoms with Crippen molar-refractivity contribution in [3.05, 3.63) is 35.9 Å². The number of hydrogen-bond acceptors (Lipinski definition) is 2. The smallest absolute Gasteiger partial charge is 0.0574 e. The minimum Gasteiger partial charge on any atom is -0.393 e. The SMILES string of the molecule is OC1CCN(C#Cc2ccccc2)CC1. The molecule has 0 atom stereocenters. The van der Waals surface area contributed by atoms with Gasteiger partial charge in [-0.1, -0.05) is 18.2 Å². The molecule has 0 bridgehead atoms. The van der Waals surface area contributed by atoms with E-state index in [0.717, 1.165) is 31.5 Å². The van der Waals surface area contributed by atoms with E-state index in [-0.39, 0.29) is 6.10 Å². The quantitative estimate of drug-likeness (QED) is 0.642. The highest BCUT2D eigenvalue weighted by atomic mass is 16.3. The first-order chi connectivity index (χ1) is 7.34. The Bertz CT molecular complexity index is 355. The molecule has 0 saturated carbocycles. The second-order valence-corrected chi connectivity index (χ2v) is 3.82. The molecule has 15 heavy (non-hydrogen) atoms. The lowest BCUT2D eigenvalue weighted by Gasteiger charge is -2.25. The fourth-order valence-electron chi connectivity index (χ4n) is 1.64. The second-order valence-electron chi connectivity index (χ2n) is 3.82. The van der Waals surface area contributed by atoms with E-state index in [2.05, 4.69) is 16.9 Å². The zero-order chi connectivity index (χ0) is 10.5. The third-order valence-electron chi connectivity index (χ3n) is 2.60. The maximum absolute atomic E-state index is 9.34. The fraction of sp³-hybridized carbons (Fsp3) is 0.385. The van der Waals surface area contributed by atoms with Crippen LogP contribution in [0.4, 0.5) is 0 Å². The van der Waals surface area contributed by atoms with Crippen LogP contribution >= 0.6 is 0 Å². The molecule has 0 radical (unpaired) electrons. The van der Waals surface area contributed by atoms with Gasteiger partial charge in [0, 0.05) is 24.7 Å². The van der Waals surface area contributed by atoms with Crippen LogP contribution in [-0.4, -0.2) is 29.2 Å². The van der Waals surface area contributed by atoms with E-state index in [1.54, 1.807) is 0 Å². The zero-order valence-electron chi connectivity index (χ0n) is 8.69. The van der Waals surface area contributed by atoms with Crippen molar-refractivity contribution < 1.29 is 5.11 Å². The van der Waals surface area contributed by atoms with Gasteiger partial charge in [0.05, 0.1) is 6.10 Å². The average molecular weight is 201 g/mol. The summed E-state index contributed by atoms with van der Waals surface area (Å²) in [4.78, 5) is 2.08. The molecule has 2 rings (SSSR count). The van der Waals surface area contributed by atoms with Crippen molar-refractivity contribution in [2.45, 2.75) is 18.9 Å². The van der Waals surface area contributed by atoms with Gasteiger partial charge in [0.25, 0.3) is 0 Å². The molecule has 1 aromatic rings. The highest BCUT2D eigenvalue weighted by Gasteiger charge is 2.13. The van der Waals surface area contributed by atoms with E-state index in [1.165, 1.54) is 0 Å². The molecule has 1 heterocycles. The molecular weight excluding hydrogens is 186 g/mol. The van der Waals surface area contributed by atoms with Crippen molar-refractivity contribution in [3.8, 4) is 12.0 Å². The van der Waals surface area contributed by atoms with E-state index in [9.17, 15) is 5.11 Å². The van der Waals surface area contributed by atoms with Gasteiger partial charge in [-0.25, -0.2) is 0 Å². The van der Waals surface area contributed by atoms with Crippen LogP contribution in [0.15, 0.2) is 30.3 Å². The summed E-state index contributed by atoms with van der Waals surface area (Å²) in [5.41, 5.74) is 1.05. The summed E-state index contributed by atoms with van der Waals surface area (Å²) >= 11 is 0. The lowest BCUT2D eigenvalue weighted by molar-refractivity contribution is 0.106. The average Bonchev–Trinajstić information content (AvgIpc) is 2.30. The Labute approximate surface area is 90.5 Å². The molecule has 2 heteroatoms. The van der Waals surface area contributed by atoms with Crippen LogP contribution in [0.3, 0.4) is 0 Å². The molecule has 0 amide bonds. The summed E-state index contributed by atoms with van der Waals surface area (Å²) in [5.74, 6) is 3.12. The molecular formula is C13H15NO. The van der Waals surface area contributed by atoms with E-state index < -0.39 is 0 Å². The van der Waals surface area contributed by atoms with Gasteiger partial charge >= 0.3 is 0 Å². The predicted octanol–water partition coefficient (Wildman–Crippen LogP) is 1.45. The molecule has 1 aliphatic rings. The number of benzene rings is 1. The maximum Gasteiger partial charge on any atom is 0.0574 e. The standard InChI is InChI=1S/C13H15NO/c15-13-7-10-14(11-8-13)9-6-12-4-2-1-3-5-12/h1-5,13,15H,7-8,10-11H2. The van der Waals surface area contributed by atoms with Gasteiger partial charge in [-0.15, -0.1) is 0 Å². The summed E-state index contributed by atoms with van der Waals surface area (Å²) < 4.78 is 0. The minimum atomic E-state index is -0.125. The number of aliphatic hydroxyl groups excluding tert-OH is 1. The number of rotatable bonds is 0. The predicted molar refractivity (Wildman–Crippen MR) is 60.1 cm³/mol. The van der Waals surface area contributed by atoms with E-state index >= 15 is 0 Å². The van der Waals surface area contributed by atoms with Crippen molar-refractivity contribution in [3.63, 3.8) is 0 Å². The molecule has 0 unspecified atom stereocenters. The Hall–Kier alpha value is -1.46. The van der Waals surface area contributed by atoms with Gasteiger partial charge in [0.2, 0.25) is 0 Å². The highest BCUT2D eigenvalue weighted by Crippen LogP contribution is 2.08. The fourth-order valence-corrected chi connectivity index (χ4v) is 1.64. The van der Waals surface area contributed by atoms with Crippen molar-refractivity contribution in [2.75, 3.05) is 13.1 Å². The number of piperidine rings is 1. The van der Waals surface area contributed by atoms with Crippen molar-refractivity contribution in [1.82, 2.24) is 4.90 Å². The monoisotopic (exact) mass is 201 g/mol. The molecule has 2 nitrogen and oxygen atoms in total. The van der Waals surface area contributed by atoms with Crippen molar-refractivity contribution in [1.29, 1.82) is 0 Å². The van der Waals surface area contributed by atoms with E-state index in [0.29, 0.717) is 0 Å². The molecule has 1 aromatic carbocycles. The van der Waals surface area contributed by atoms with Gasteiger partial charge in [-0.05, 0) is 30.9 Å². The summed E-state index contributed by atoms with van der Waals surface area (Å²) in [6.45, 7) is 1.75. The summed E-state index contributed by atoms with van der Waals surface area (Å²) in [6, 6.07) is 13.1. The van der Waals surface area contributed by atoms with Crippen LogP contribution < -0.4 is 0 Å². The zero-order valence-corrected chi connectivity index (χ0v) is 8.69. The Morgan fingerprint density at radius 3 is 2.47 bits per heavy atom. The van der Waals surface area contributed by atoms with Gasteiger partial charge in [-0.3, -0.25) is 0 Å². The Kier molecular flexibility index (Phi) is 3.26. The number of aliphatic hydroxyl groups is 1. The van der Waals surface area contributed by atoms with Gasteiger partial charge in [-0.2, -0.15) is 0 Å². The van der Waals surface area contributed by atoms with E-state index in [1.807, 2.05) is 30.3 Å². The first-order valence-corrected chi connectivity index (χ1v) is 5.34. The van der Waals surface area contributed by atoms with Gasteiger partial charge in [0.1, 0.15) is 0 Å². The highest BCUT2D eigenvalue weighted by molar-refractivity contribution is 5.33. The summed E-state index contributed by atoms with van der Waals surface area (Å²) in [5, 5.41) is 9.34. The lowest BCUT2D eigenvalue weighted by Crippen LogP contribution is -2.32. The summed E-state index contributed by atoms with van der Waals surface area (Å²) in [7, 11) is 0. The molecule has 78 valence electrons. The maximum atomic E-state index is 9.34. The number of nitrogens with zero attached hydrogens (tertiary/aromatic N) is 1. The Balaban J connectivity index is 1.95. The van der Waals surface area contributed by atoms with Crippen LogP contribution in [-0.2, 0) is 0 Å². The lowest BCUT2D eigenvalue weighted by atomic mass is 10.1. The second kappa shape index (κ2) is 4.86. The molecule has 0 aliphatic carbocycles. The van der Waals surface area contributed by atoms with Gasteiger partial charge < -0.3 is 10.0 Å². The normalized spacial score (nSPS) is 17.0. The molecule has 1 fully saturated rings. The topological polar surface area (TPSA) is 23.5 Å². The number of likely N-dealkylation sites (tertiary alicyclic amines) is 1. The third-order valence-corrected chi connectivity index (χ3v) is 2.60.